The van der Waals surface area contributed by atoms with Crippen molar-refractivity contribution in [2.45, 2.75) is 0 Å². The maximum absolute atomic E-state index is 10.9. The van der Waals surface area contributed by atoms with Crippen LogP contribution in [0.2, 0.25) is 0 Å². The predicted molar refractivity (Wildman–Crippen MR) is 180 cm³/mol. The number of aldehydes is 1. The van der Waals surface area contributed by atoms with E-state index in [-0.39, 0.29) is 0 Å². The molecule has 0 fully saturated rings. The van der Waals surface area contributed by atoms with E-state index in [1.54, 1.807) is 24.3 Å². The average molecular weight is 569 g/mol. The van der Waals surface area contributed by atoms with Gasteiger partial charge in [-0.15, -0.1) is 0 Å². The van der Waals surface area contributed by atoms with Crippen molar-refractivity contribution < 1.29 is 4.79 Å². The lowest BCUT2D eigenvalue weighted by Gasteiger charge is -2.25. The van der Waals surface area contributed by atoms with Gasteiger partial charge in [0.2, 0.25) is 0 Å². The minimum Gasteiger partial charge on any atom is -0.311 e. The van der Waals surface area contributed by atoms with E-state index in [2.05, 4.69) is 43.8 Å². The summed E-state index contributed by atoms with van der Waals surface area (Å²) in [5.41, 5.74) is 8.07. The van der Waals surface area contributed by atoms with Crippen LogP contribution in [0.3, 0.4) is 0 Å². The van der Waals surface area contributed by atoms with Crippen LogP contribution < -0.4 is 9.80 Å². The fraction of sp³-hybridized carbons (Fsp3) is 0. The second-order valence-electron chi connectivity index (χ2n) is 9.64. The Bertz CT molecular complexity index is 1820. The van der Waals surface area contributed by atoms with Gasteiger partial charge < -0.3 is 9.80 Å². The molecule has 0 amide bonds. The van der Waals surface area contributed by atoms with Crippen molar-refractivity contribution in [2.24, 2.45) is 0 Å². The molecule has 0 bridgehead atoms. The number of para-hydroxylation sites is 3. The molecule has 0 spiro atoms. The highest BCUT2D eigenvalue weighted by atomic mass is 16.1. The zero-order valence-electron chi connectivity index (χ0n) is 23.9. The Morgan fingerprint density at radius 2 is 0.659 bits per heavy atom. The Balaban J connectivity index is 0.000000175. The summed E-state index contributed by atoms with van der Waals surface area (Å²) in [4.78, 5) is 22.0. The molecule has 0 saturated carbocycles. The second kappa shape index (κ2) is 14.5. The molecule has 44 heavy (non-hydrogen) atoms. The van der Waals surface area contributed by atoms with Gasteiger partial charge >= 0.3 is 0 Å². The summed E-state index contributed by atoms with van der Waals surface area (Å²) in [6.45, 7) is 14.1. The summed E-state index contributed by atoms with van der Waals surface area (Å²) >= 11 is 0. The van der Waals surface area contributed by atoms with Crippen LogP contribution in [0.1, 0.15) is 10.4 Å². The molecule has 0 aromatic heterocycles. The number of benzene rings is 6. The van der Waals surface area contributed by atoms with Crippen LogP contribution in [-0.2, 0) is 0 Å². The van der Waals surface area contributed by atoms with Crippen molar-refractivity contribution in [1.29, 1.82) is 0 Å². The Labute approximate surface area is 258 Å². The lowest BCUT2D eigenvalue weighted by Crippen LogP contribution is -2.09. The molecule has 0 radical (unpaired) electrons. The zero-order valence-corrected chi connectivity index (χ0v) is 23.9. The number of nitrogens with zero attached hydrogens (tertiary/aromatic N) is 4. The highest BCUT2D eigenvalue weighted by molar-refractivity contribution is 5.81. The van der Waals surface area contributed by atoms with E-state index < -0.39 is 0 Å². The van der Waals surface area contributed by atoms with E-state index in [0.29, 0.717) is 16.9 Å². The largest absolute Gasteiger partial charge is 0.311 e. The number of hydrogen-bond acceptors (Lipinski definition) is 3. The fourth-order valence-electron chi connectivity index (χ4n) is 4.68. The van der Waals surface area contributed by atoms with Gasteiger partial charge in [0.15, 0.2) is 11.4 Å². The first-order valence-electron chi connectivity index (χ1n) is 14.0. The van der Waals surface area contributed by atoms with E-state index in [9.17, 15) is 4.79 Å². The first-order chi connectivity index (χ1) is 21.7. The maximum atomic E-state index is 10.9. The number of anilines is 6. The van der Waals surface area contributed by atoms with Crippen LogP contribution in [0.25, 0.3) is 9.69 Å². The number of carbonyl (C=O) groups is 1. The molecule has 6 rings (SSSR count). The summed E-state index contributed by atoms with van der Waals surface area (Å²) < 4.78 is 0. The van der Waals surface area contributed by atoms with Crippen molar-refractivity contribution in [3.63, 3.8) is 0 Å². The van der Waals surface area contributed by atoms with Gasteiger partial charge in [-0.05, 0) is 84.9 Å². The minimum absolute atomic E-state index is 0.609. The van der Waals surface area contributed by atoms with Crippen molar-refractivity contribution >= 4 is 51.8 Å². The molecular weight excluding hydrogens is 540 g/mol. The third-order valence-corrected chi connectivity index (χ3v) is 6.80. The van der Waals surface area contributed by atoms with E-state index >= 15 is 0 Å². The highest BCUT2D eigenvalue weighted by Crippen LogP contribution is 2.36. The van der Waals surface area contributed by atoms with Gasteiger partial charge in [-0.1, -0.05) is 78.9 Å². The normalized spacial score (nSPS) is 9.86. The van der Waals surface area contributed by atoms with Crippen molar-refractivity contribution in [3.8, 4) is 0 Å². The smallest absolute Gasteiger partial charge is 0.187 e. The summed E-state index contributed by atoms with van der Waals surface area (Å²) in [6, 6.07) is 53.0. The average Bonchev–Trinajstić information content (AvgIpc) is 3.11. The van der Waals surface area contributed by atoms with Gasteiger partial charge in [0, 0.05) is 39.7 Å². The summed E-state index contributed by atoms with van der Waals surface area (Å²) in [5, 5.41) is 0. The third kappa shape index (κ3) is 7.06. The van der Waals surface area contributed by atoms with Gasteiger partial charge in [-0.2, -0.15) is 0 Å². The molecule has 0 aliphatic carbocycles. The second-order valence-corrected chi connectivity index (χ2v) is 9.64. The number of rotatable bonds is 7. The Kier molecular flexibility index (Phi) is 9.55. The molecule has 0 heterocycles. The molecule has 0 aliphatic heterocycles. The molecular formula is C39H28N4O. The number of carbonyl (C=O) groups excluding carboxylic acids is 1. The van der Waals surface area contributed by atoms with Crippen molar-refractivity contribution in [1.82, 2.24) is 0 Å². The van der Waals surface area contributed by atoms with Crippen molar-refractivity contribution in [3.05, 3.63) is 192 Å². The molecule has 0 saturated heterocycles. The lowest BCUT2D eigenvalue weighted by molar-refractivity contribution is 0.112. The summed E-state index contributed by atoms with van der Waals surface area (Å²) in [7, 11) is 0. The molecule has 6 aromatic rings. The summed E-state index contributed by atoms with van der Waals surface area (Å²) in [5.74, 6) is 0. The monoisotopic (exact) mass is 568 g/mol. The molecule has 0 unspecified atom stereocenters. The van der Waals surface area contributed by atoms with Gasteiger partial charge in [0.1, 0.15) is 6.29 Å². The topological polar surface area (TPSA) is 32.3 Å². The van der Waals surface area contributed by atoms with E-state index in [1.165, 1.54) is 0 Å². The van der Waals surface area contributed by atoms with Gasteiger partial charge in [-0.25, -0.2) is 9.69 Å². The predicted octanol–water partition coefficient (Wildman–Crippen LogP) is 11.2. The first kappa shape index (κ1) is 29.1. The highest BCUT2D eigenvalue weighted by Gasteiger charge is 2.13. The molecule has 210 valence electrons. The standard InChI is InChI=1S/C20H14N2O.C19H14N2/c1-21-17-9-13-20(14-10-17)22(18-5-3-2-4-6-18)19-11-7-16(15-23)8-12-19;1-20-16-12-14-19(15-13-16)21(17-8-4-2-5-9-17)18-10-6-3-7-11-18/h2-15H;2-15H. The maximum Gasteiger partial charge on any atom is 0.187 e. The minimum atomic E-state index is 0.609. The molecule has 6 aromatic carbocycles. The van der Waals surface area contributed by atoms with Gasteiger partial charge in [0.05, 0.1) is 13.1 Å². The Morgan fingerprint density at radius 1 is 0.386 bits per heavy atom. The third-order valence-electron chi connectivity index (χ3n) is 6.80. The van der Waals surface area contributed by atoms with E-state index in [0.717, 1.165) is 40.4 Å². The Hall–Kier alpha value is -6.43. The van der Waals surface area contributed by atoms with Crippen molar-refractivity contribution in [2.75, 3.05) is 9.80 Å². The SMILES string of the molecule is [C-]#[N+]c1ccc(N(c2ccccc2)c2ccc(C=O)cc2)cc1.[C-]#[N+]c1ccc(N(c2ccccc2)c2ccccc2)cc1. The molecule has 5 nitrogen and oxygen atoms in total. The molecule has 0 N–H and O–H groups in total. The van der Waals surface area contributed by atoms with Crippen LogP contribution in [0, 0.1) is 13.1 Å². The van der Waals surface area contributed by atoms with Crippen LogP contribution in [0.4, 0.5) is 45.5 Å². The Morgan fingerprint density at radius 3 is 0.932 bits per heavy atom. The zero-order chi connectivity index (χ0) is 30.6. The quantitative estimate of drug-likeness (QED) is 0.142. The van der Waals surface area contributed by atoms with Crippen LogP contribution >= 0.6 is 0 Å². The van der Waals surface area contributed by atoms with Gasteiger partial charge in [-0.3, -0.25) is 4.79 Å². The van der Waals surface area contributed by atoms with E-state index in [4.69, 9.17) is 13.1 Å². The fourth-order valence-corrected chi connectivity index (χ4v) is 4.68. The molecule has 5 heteroatoms. The molecule has 0 aliphatic rings. The first-order valence-corrected chi connectivity index (χ1v) is 14.0. The van der Waals surface area contributed by atoms with Crippen LogP contribution in [0.15, 0.2) is 164 Å². The number of hydrogen-bond donors (Lipinski definition) is 0. The molecule has 0 atom stereocenters. The van der Waals surface area contributed by atoms with E-state index in [1.807, 2.05) is 115 Å². The van der Waals surface area contributed by atoms with Gasteiger partial charge in [0.25, 0.3) is 0 Å². The summed E-state index contributed by atoms with van der Waals surface area (Å²) in [6.07, 6.45) is 0.835. The van der Waals surface area contributed by atoms with Crippen LogP contribution in [0.5, 0.6) is 0 Å². The van der Waals surface area contributed by atoms with Crippen LogP contribution in [-0.4, -0.2) is 6.29 Å². The lowest BCUT2D eigenvalue weighted by atomic mass is 10.1.